The number of aromatic nitrogens is 2. The molecule has 3 heterocycles. The molecule has 3 rings (SSSR count). The second-order valence-corrected chi connectivity index (χ2v) is 4.88. The van der Waals surface area contributed by atoms with E-state index in [9.17, 15) is 4.79 Å². The third kappa shape index (κ3) is 2.63. The molecule has 1 aliphatic heterocycles. The van der Waals surface area contributed by atoms with Crippen molar-refractivity contribution >= 4 is 11.7 Å². The van der Waals surface area contributed by atoms with Crippen molar-refractivity contribution in [3.63, 3.8) is 0 Å². The number of anilines is 1. The van der Waals surface area contributed by atoms with Crippen LogP contribution in [-0.2, 0) is 13.5 Å². The van der Waals surface area contributed by atoms with E-state index in [0.717, 1.165) is 34.5 Å². The number of pyridine rings is 1. The lowest BCUT2D eigenvalue weighted by Crippen LogP contribution is -2.31. The number of nitrogens with two attached hydrogens (primary N) is 1. The molecule has 0 fully saturated rings. The molecule has 2 aromatic heterocycles. The van der Waals surface area contributed by atoms with Gasteiger partial charge in [0.15, 0.2) is 0 Å². The first kappa shape index (κ1) is 15.1. The van der Waals surface area contributed by atoms with Gasteiger partial charge in [-0.05, 0) is 24.6 Å². The number of rotatable bonds is 1. The van der Waals surface area contributed by atoms with E-state index in [1.54, 1.807) is 6.20 Å². The van der Waals surface area contributed by atoms with E-state index < -0.39 is 0 Å². The summed E-state index contributed by atoms with van der Waals surface area (Å²) in [4.78, 5) is 16.0. The van der Waals surface area contributed by atoms with Gasteiger partial charge in [-0.1, -0.05) is 13.8 Å². The van der Waals surface area contributed by atoms with E-state index in [2.05, 4.69) is 14.9 Å². The lowest BCUT2D eigenvalue weighted by Gasteiger charge is -2.14. The van der Waals surface area contributed by atoms with Crippen LogP contribution in [0.1, 0.15) is 35.5 Å². The second-order valence-electron chi connectivity index (χ2n) is 4.88. The average Bonchev–Trinajstić information content (AvgIpc) is 2.83. The molecule has 0 saturated carbocycles. The summed E-state index contributed by atoms with van der Waals surface area (Å²) in [6.07, 6.45) is 2.62. The van der Waals surface area contributed by atoms with Crippen molar-refractivity contribution in [3.05, 3.63) is 35.2 Å². The van der Waals surface area contributed by atoms with E-state index in [0.29, 0.717) is 12.4 Å². The maximum absolute atomic E-state index is 11.9. The SMILES string of the molecule is CC.Cc1cnc(N)cc1-c1cc2c(n1C)CCNC2=O. The number of amides is 1. The fraction of sp³-hybridized carbons (Fsp3) is 0.375. The lowest BCUT2D eigenvalue weighted by molar-refractivity contribution is 0.0945. The number of nitrogens with zero attached hydrogens (tertiary/aromatic N) is 2. The van der Waals surface area contributed by atoms with Crippen LogP contribution in [0.2, 0.25) is 0 Å². The predicted octanol–water partition coefficient (Wildman–Crippen LogP) is 2.29. The van der Waals surface area contributed by atoms with Gasteiger partial charge in [0.05, 0.1) is 5.56 Å². The Bertz CT molecular complexity index is 673. The highest BCUT2D eigenvalue weighted by molar-refractivity contribution is 5.98. The Balaban J connectivity index is 0.000000774. The van der Waals surface area contributed by atoms with Gasteiger partial charge in [-0.15, -0.1) is 0 Å². The third-order valence-corrected chi connectivity index (χ3v) is 3.65. The van der Waals surface area contributed by atoms with Crippen molar-refractivity contribution in [1.82, 2.24) is 14.9 Å². The summed E-state index contributed by atoms with van der Waals surface area (Å²) in [7, 11) is 1.99. The second kappa shape index (κ2) is 5.99. The summed E-state index contributed by atoms with van der Waals surface area (Å²) in [6, 6.07) is 3.79. The Morgan fingerprint density at radius 2 is 2.00 bits per heavy atom. The topological polar surface area (TPSA) is 72.9 Å². The summed E-state index contributed by atoms with van der Waals surface area (Å²) in [5, 5.41) is 2.87. The Labute approximate surface area is 125 Å². The van der Waals surface area contributed by atoms with Gasteiger partial charge in [0.1, 0.15) is 5.82 Å². The van der Waals surface area contributed by atoms with Gasteiger partial charge in [0.2, 0.25) is 0 Å². The van der Waals surface area contributed by atoms with Crippen LogP contribution in [0.4, 0.5) is 5.82 Å². The highest BCUT2D eigenvalue weighted by Gasteiger charge is 2.23. The maximum atomic E-state index is 11.9. The monoisotopic (exact) mass is 286 g/mol. The quantitative estimate of drug-likeness (QED) is 0.844. The van der Waals surface area contributed by atoms with Crippen LogP contribution in [0, 0.1) is 6.92 Å². The molecule has 5 heteroatoms. The van der Waals surface area contributed by atoms with Crippen molar-refractivity contribution in [3.8, 4) is 11.3 Å². The zero-order valence-electron chi connectivity index (χ0n) is 13.0. The third-order valence-electron chi connectivity index (χ3n) is 3.65. The number of nitrogens with one attached hydrogen (secondary N) is 1. The normalized spacial score (nSPS) is 13.0. The minimum atomic E-state index is 0.00258. The molecule has 0 unspecified atom stereocenters. The first-order valence-corrected chi connectivity index (χ1v) is 7.27. The van der Waals surface area contributed by atoms with Gasteiger partial charge < -0.3 is 15.6 Å². The van der Waals surface area contributed by atoms with Gasteiger partial charge in [-0.3, -0.25) is 4.79 Å². The number of fused-ring (bicyclic) bond motifs is 1. The lowest BCUT2D eigenvalue weighted by atomic mass is 10.1. The standard InChI is InChI=1S/C14H16N4O.C2H6/c1-8-7-17-13(15)6-9(8)12-5-10-11(18(12)2)3-4-16-14(10)19;1-2/h5-7H,3-4H2,1-2H3,(H2,15,17)(H,16,19);1-2H3. The van der Waals surface area contributed by atoms with E-state index in [1.165, 1.54) is 0 Å². The average molecular weight is 286 g/mol. The summed E-state index contributed by atoms with van der Waals surface area (Å²) in [6.45, 7) is 6.69. The number of aryl methyl sites for hydroxylation is 1. The first-order valence-electron chi connectivity index (χ1n) is 7.27. The summed E-state index contributed by atoms with van der Waals surface area (Å²) in [5.74, 6) is 0.493. The molecule has 0 aromatic carbocycles. The highest BCUT2D eigenvalue weighted by atomic mass is 16.1. The predicted molar refractivity (Wildman–Crippen MR) is 85.2 cm³/mol. The smallest absolute Gasteiger partial charge is 0.253 e. The Morgan fingerprint density at radius 3 is 2.67 bits per heavy atom. The number of carbonyl (C=O) groups is 1. The fourth-order valence-corrected chi connectivity index (χ4v) is 2.61. The molecule has 1 aliphatic rings. The van der Waals surface area contributed by atoms with Crippen molar-refractivity contribution in [1.29, 1.82) is 0 Å². The largest absolute Gasteiger partial charge is 0.384 e. The zero-order chi connectivity index (χ0) is 15.6. The Kier molecular flexibility index (Phi) is 4.31. The van der Waals surface area contributed by atoms with Crippen LogP contribution in [-0.4, -0.2) is 22.0 Å². The van der Waals surface area contributed by atoms with E-state index in [-0.39, 0.29) is 5.91 Å². The molecule has 1 amide bonds. The van der Waals surface area contributed by atoms with E-state index in [4.69, 9.17) is 5.73 Å². The highest BCUT2D eigenvalue weighted by Crippen LogP contribution is 2.29. The Morgan fingerprint density at radius 1 is 1.29 bits per heavy atom. The molecule has 0 bridgehead atoms. The molecule has 3 N–H and O–H groups in total. The summed E-state index contributed by atoms with van der Waals surface area (Å²) >= 11 is 0. The van der Waals surface area contributed by atoms with Crippen LogP contribution in [0.15, 0.2) is 18.3 Å². The van der Waals surface area contributed by atoms with Crippen molar-refractivity contribution in [2.45, 2.75) is 27.2 Å². The molecule has 5 nitrogen and oxygen atoms in total. The van der Waals surface area contributed by atoms with Gasteiger partial charge in [0.25, 0.3) is 5.91 Å². The van der Waals surface area contributed by atoms with Gasteiger partial charge in [0, 0.05) is 43.2 Å². The molecule has 0 saturated heterocycles. The summed E-state index contributed by atoms with van der Waals surface area (Å²) in [5.41, 5.74) is 10.7. The minimum Gasteiger partial charge on any atom is -0.384 e. The fourth-order valence-electron chi connectivity index (χ4n) is 2.61. The van der Waals surface area contributed by atoms with Gasteiger partial charge >= 0.3 is 0 Å². The summed E-state index contributed by atoms with van der Waals surface area (Å²) < 4.78 is 2.08. The number of hydrogen-bond acceptors (Lipinski definition) is 3. The maximum Gasteiger partial charge on any atom is 0.253 e. The van der Waals surface area contributed by atoms with Crippen molar-refractivity contribution in [2.24, 2.45) is 7.05 Å². The number of hydrogen-bond donors (Lipinski definition) is 2. The van der Waals surface area contributed by atoms with Crippen LogP contribution in [0.25, 0.3) is 11.3 Å². The molecule has 0 spiro atoms. The minimum absolute atomic E-state index is 0.00258. The van der Waals surface area contributed by atoms with Crippen LogP contribution in [0.3, 0.4) is 0 Å². The molecule has 21 heavy (non-hydrogen) atoms. The van der Waals surface area contributed by atoms with E-state index in [1.807, 2.05) is 40.0 Å². The molecular weight excluding hydrogens is 264 g/mol. The zero-order valence-corrected chi connectivity index (χ0v) is 13.0. The molecule has 112 valence electrons. The van der Waals surface area contributed by atoms with Crippen molar-refractivity contribution < 1.29 is 4.79 Å². The molecular formula is C16H22N4O. The van der Waals surface area contributed by atoms with Gasteiger partial charge in [-0.25, -0.2) is 4.98 Å². The van der Waals surface area contributed by atoms with Crippen LogP contribution >= 0.6 is 0 Å². The number of carbonyl (C=O) groups excluding carboxylic acids is 1. The van der Waals surface area contributed by atoms with Crippen molar-refractivity contribution in [2.75, 3.05) is 12.3 Å². The van der Waals surface area contributed by atoms with E-state index >= 15 is 0 Å². The first-order chi connectivity index (χ1) is 10.1. The Hall–Kier alpha value is -2.30. The molecule has 0 aliphatic carbocycles. The molecule has 2 aromatic rings. The van der Waals surface area contributed by atoms with Crippen LogP contribution in [0.5, 0.6) is 0 Å². The van der Waals surface area contributed by atoms with Gasteiger partial charge in [-0.2, -0.15) is 0 Å². The molecule has 0 radical (unpaired) electrons. The number of nitrogen functional groups attached to an aromatic ring is 1. The molecule has 0 atom stereocenters. The van der Waals surface area contributed by atoms with Crippen LogP contribution < -0.4 is 11.1 Å².